The molecule has 1 heterocycles. The second-order valence-corrected chi connectivity index (χ2v) is 7.22. The van der Waals surface area contributed by atoms with Crippen LogP contribution in [0.1, 0.15) is 29.8 Å². The molecule has 0 N–H and O–H groups in total. The van der Waals surface area contributed by atoms with Crippen molar-refractivity contribution in [1.82, 2.24) is 0 Å². The summed E-state index contributed by atoms with van der Waals surface area (Å²) in [5.41, 5.74) is 0.989. The van der Waals surface area contributed by atoms with Crippen molar-refractivity contribution in [2.75, 3.05) is 27.4 Å². The lowest BCUT2D eigenvalue weighted by Crippen LogP contribution is -2.25. The Bertz CT molecular complexity index is 917. The molecule has 7 nitrogen and oxygen atoms in total. The van der Waals surface area contributed by atoms with Gasteiger partial charge in [0.25, 0.3) is 0 Å². The number of carbonyl (C=O) groups excluding carboxylic acids is 2. The Labute approximate surface area is 169 Å². The van der Waals surface area contributed by atoms with E-state index in [4.69, 9.17) is 23.7 Å². The molecule has 29 heavy (non-hydrogen) atoms. The number of hydrogen-bond donors (Lipinski definition) is 0. The summed E-state index contributed by atoms with van der Waals surface area (Å²) in [6, 6.07) is 10.4. The number of fused-ring (bicyclic) bond motifs is 1. The van der Waals surface area contributed by atoms with Crippen LogP contribution in [-0.4, -0.2) is 44.8 Å². The van der Waals surface area contributed by atoms with Crippen molar-refractivity contribution in [3.05, 3.63) is 47.5 Å². The van der Waals surface area contributed by atoms with Crippen molar-refractivity contribution in [2.24, 2.45) is 0 Å². The van der Waals surface area contributed by atoms with Crippen LogP contribution in [0.2, 0.25) is 0 Å². The van der Waals surface area contributed by atoms with Crippen molar-refractivity contribution in [1.29, 1.82) is 0 Å². The second kappa shape index (κ2) is 8.43. The van der Waals surface area contributed by atoms with E-state index in [0.717, 1.165) is 12.0 Å². The molecular weight excluding hydrogens is 376 g/mol. The number of esters is 1. The highest BCUT2D eigenvalue weighted by atomic mass is 16.6. The largest absolute Gasteiger partial charge is 0.497 e. The number of rotatable bonds is 8. The molecule has 0 amide bonds. The van der Waals surface area contributed by atoms with Crippen LogP contribution in [0, 0.1) is 0 Å². The van der Waals surface area contributed by atoms with Gasteiger partial charge in [0.2, 0.25) is 5.78 Å². The Morgan fingerprint density at radius 1 is 1.03 bits per heavy atom. The third-order valence-corrected chi connectivity index (χ3v) is 4.47. The van der Waals surface area contributed by atoms with Crippen LogP contribution >= 0.6 is 0 Å². The molecule has 0 atom stereocenters. The van der Waals surface area contributed by atoms with Crippen LogP contribution in [-0.2, 0) is 16.0 Å². The van der Waals surface area contributed by atoms with Gasteiger partial charge in [0, 0.05) is 12.0 Å². The first-order valence-corrected chi connectivity index (χ1v) is 9.17. The van der Waals surface area contributed by atoms with Crippen molar-refractivity contribution in [3.8, 4) is 23.0 Å². The molecular formula is C22H24O7. The van der Waals surface area contributed by atoms with E-state index in [0.29, 0.717) is 23.0 Å². The summed E-state index contributed by atoms with van der Waals surface area (Å²) in [5, 5.41) is 0. The first-order chi connectivity index (χ1) is 13.8. The molecule has 1 aliphatic rings. The lowest BCUT2D eigenvalue weighted by Gasteiger charge is -2.18. The quantitative estimate of drug-likeness (QED) is 0.497. The second-order valence-electron chi connectivity index (χ2n) is 7.22. The van der Waals surface area contributed by atoms with Gasteiger partial charge in [-0.1, -0.05) is 12.1 Å². The number of carbonyl (C=O) groups is 2. The zero-order chi connectivity index (χ0) is 21.0. The standard InChI is InChI=1S/C22H24O7/c1-22(2)11-14-6-5-7-19(21(14)29-22)27-13-20(24)28-12-17(23)16-10-15(25-3)8-9-18(16)26-4/h5-10H,11-13H2,1-4H3. The molecule has 0 saturated heterocycles. The molecule has 1 aliphatic heterocycles. The normalized spacial score (nSPS) is 13.8. The number of hydrogen-bond acceptors (Lipinski definition) is 7. The van der Waals surface area contributed by atoms with E-state index in [9.17, 15) is 9.59 Å². The maximum Gasteiger partial charge on any atom is 0.344 e. The predicted molar refractivity (Wildman–Crippen MR) is 105 cm³/mol. The van der Waals surface area contributed by atoms with Gasteiger partial charge < -0.3 is 23.7 Å². The maximum atomic E-state index is 12.4. The smallest absolute Gasteiger partial charge is 0.344 e. The molecule has 0 aromatic heterocycles. The lowest BCUT2D eigenvalue weighted by atomic mass is 10.0. The fourth-order valence-corrected chi connectivity index (χ4v) is 3.14. The monoisotopic (exact) mass is 400 g/mol. The van der Waals surface area contributed by atoms with Gasteiger partial charge in [-0.05, 0) is 38.1 Å². The summed E-state index contributed by atoms with van der Waals surface area (Å²) in [4.78, 5) is 24.5. The highest BCUT2D eigenvalue weighted by molar-refractivity contribution is 6.00. The maximum absolute atomic E-state index is 12.4. The van der Waals surface area contributed by atoms with Crippen molar-refractivity contribution in [2.45, 2.75) is 25.9 Å². The van der Waals surface area contributed by atoms with E-state index in [1.165, 1.54) is 20.3 Å². The minimum absolute atomic E-state index is 0.275. The Morgan fingerprint density at radius 2 is 1.83 bits per heavy atom. The topological polar surface area (TPSA) is 80.3 Å². The third kappa shape index (κ3) is 4.80. The average Bonchev–Trinajstić information content (AvgIpc) is 3.04. The SMILES string of the molecule is COc1ccc(OC)c(C(=O)COC(=O)COc2cccc3c2OC(C)(C)C3)c1. The van der Waals surface area contributed by atoms with Crippen LogP contribution in [0.3, 0.4) is 0 Å². The molecule has 0 saturated carbocycles. The molecule has 154 valence electrons. The number of ketones is 1. The summed E-state index contributed by atoms with van der Waals surface area (Å²) < 4.78 is 26.8. The minimum atomic E-state index is -0.657. The first-order valence-electron chi connectivity index (χ1n) is 9.17. The third-order valence-electron chi connectivity index (χ3n) is 4.47. The van der Waals surface area contributed by atoms with Crippen molar-refractivity contribution >= 4 is 11.8 Å². The zero-order valence-electron chi connectivity index (χ0n) is 16.9. The van der Waals surface area contributed by atoms with E-state index in [2.05, 4.69) is 0 Å². The molecule has 0 fully saturated rings. The summed E-state index contributed by atoms with van der Waals surface area (Å²) in [7, 11) is 2.96. The van der Waals surface area contributed by atoms with Crippen LogP contribution in [0.15, 0.2) is 36.4 Å². The highest BCUT2D eigenvalue weighted by Crippen LogP contribution is 2.41. The molecule has 7 heteroatoms. The van der Waals surface area contributed by atoms with Crippen LogP contribution in [0.25, 0.3) is 0 Å². The fraction of sp³-hybridized carbons (Fsp3) is 0.364. The Kier molecular flexibility index (Phi) is 5.96. The van der Waals surface area contributed by atoms with Crippen molar-refractivity contribution < 1.29 is 33.3 Å². The molecule has 0 aliphatic carbocycles. The Balaban J connectivity index is 1.57. The van der Waals surface area contributed by atoms with Gasteiger partial charge in [-0.25, -0.2) is 4.79 Å². The van der Waals surface area contributed by atoms with Gasteiger partial charge in [0.15, 0.2) is 24.7 Å². The molecule has 0 bridgehead atoms. The van der Waals surface area contributed by atoms with E-state index < -0.39 is 18.4 Å². The van der Waals surface area contributed by atoms with E-state index in [1.807, 2.05) is 26.0 Å². The van der Waals surface area contributed by atoms with Gasteiger partial charge in [0.1, 0.15) is 17.1 Å². The number of benzene rings is 2. The van der Waals surface area contributed by atoms with E-state index in [-0.39, 0.29) is 17.8 Å². The molecule has 3 rings (SSSR count). The van der Waals surface area contributed by atoms with E-state index in [1.54, 1.807) is 18.2 Å². The number of Topliss-reactive ketones (excluding diaryl/α,β-unsaturated/α-hetero) is 1. The summed E-state index contributed by atoms with van der Waals surface area (Å²) in [5.74, 6) is 0.940. The van der Waals surface area contributed by atoms with Crippen LogP contribution < -0.4 is 18.9 Å². The van der Waals surface area contributed by atoms with E-state index >= 15 is 0 Å². The summed E-state index contributed by atoms with van der Waals surface area (Å²) in [6.45, 7) is 3.22. The highest BCUT2D eigenvalue weighted by Gasteiger charge is 2.32. The number of methoxy groups -OCH3 is 2. The molecule has 2 aromatic carbocycles. The molecule has 0 radical (unpaired) electrons. The van der Waals surface area contributed by atoms with Gasteiger partial charge >= 0.3 is 5.97 Å². The zero-order valence-corrected chi connectivity index (χ0v) is 16.9. The minimum Gasteiger partial charge on any atom is -0.497 e. The summed E-state index contributed by atoms with van der Waals surface area (Å²) >= 11 is 0. The van der Waals surface area contributed by atoms with Gasteiger partial charge in [0.05, 0.1) is 19.8 Å². The molecule has 0 spiro atoms. The van der Waals surface area contributed by atoms with Crippen LogP contribution in [0.5, 0.6) is 23.0 Å². The van der Waals surface area contributed by atoms with Crippen LogP contribution in [0.4, 0.5) is 0 Å². The van der Waals surface area contributed by atoms with Gasteiger partial charge in [-0.2, -0.15) is 0 Å². The Hall–Kier alpha value is -3.22. The molecule has 2 aromatic rings. The number of ether oxygens (including phenoxy) is 5. The average molecular weight is 400 g/mol. The van der Waals surface area contributed by atoms with Gasteiger partial charge in [-0.3, -0.25) is 4.79 Å². The Morgan fingerprint density at radius 3 is 2.55 bits per heavy atom. The van der Waals surface area contributed by atoms with Crippen molar-refractivity contribution in [3.63, 3.8) is 0 Å². The first kappa shape index (κ1) is 20.5. The predicted octanol–water partition coefficient (Wildman–Crippen LogP) is 3.22. The number of para-hydroxylation sites is 1. The van der Waals surface area contributed by atoms with Gasteiger partial charge in [-0.15, -0.1) is 0 Å². The fourth-order valence-electron chi connectivity index (χ4n) is 3.14. The lowest BCUT2D eigenvalue weighted by molar-refractivity contribution is -0.144. The molecule has 0 unspecified atom stereocenters. The summed E-state index contributed by atoms with van der Waals surface area (Å²) in [6.07, 6.45) is 0.765.